The lowest BCUT2D eigenvalue weighted by Crippen LogP contribution is -2.32. The third-order valence-electron chi connectivity index (χ3n) is 4.25. The van der Waals surface area contributed by atoms with Crippen LogP contribution in [0.3, 0.4) is 0 Å². The third kappa shape index (κ3) is 5.39. The molecule has 3 rings (SSSR count). The van der Waals surface area contributed by atoms with Crippen molar-refractivity contribution in [1.29, 1.82) is 0 Å². The van der Waals surface area contributed by atoms with Crippen LogP contribution in [0.4, 0.5) is 4.39 Å². The number of hydrazine groups is 1. The maximum absolute atomic E-state index is 14.8. The molecule has 7 nitrogen and oxygen atoms in total. The SMILES string of the molecule is N/N=C(\NN)c1ccc(CN(Cc2ccccn2)S(=O)c2ccc(Cl)cc2)c(F)c1. The van der Waals surface area contributed by atoms with Gasteiger partial charge in [-0.3, -0.25) is 4.98 Å². The smallest absolute Gasteiger partial charge is 0.166 e. The summed E-state index contributed by atoms with van der Waals surface area (Å²) >= 11 is 5.94. The predicted octanol–water partition coefficient (Wildman–Crippen LogP) is 2.68. The summed E-state index contributed by atoms with van der Waals surface area (Å²) in [6.07, 6.45) is 1.65. The number of hydrogen-bond acceptors (Lipinski definition) is 5. The number of hydrazone groups is 1. The van der Waals surface area contributed by atoms with Gasteiger partial charge in [-0.2, -0.15) is 5.10 Å². The molecule has 1 aromatic heterocycles. The van der Waals surface area contributed by atoms with E-state index in [1.807, 2.05) is 12.1 Å². The molecule has 3 aromatic rings. The predicted molar refractivity (Wildman–Crippen MR) is 116 cm³/mol. The maximum atomic E-state index is 14.8. The van der Waals surface area contributed by atoms with Crippen molar-refractivity contribution in [3.8, 4) is 0 Å². The number of rotatable bonds is 7. The molecule has 1 unspecified atom stereocenters. The first-order valence-electron chi connectivity index (χ1n) is 8.87. The average Bonchev–Trinajstić information content (AvgIpc) is 2.76. The Morgan fingerprint density at radius 1 is 1.17 bits per heavy atom. The second-order valence-corrected chi connectivity index (χ2v) is 8.17. The van der Waals surface area contributed by atoms with E-state index in [2.05, 4.69) is 15.5 Å². The van der Waals surface area contributed by atoms with E-state index in [-0.39, 0.29) is 18.9 Å². The van der Waals surface area contributed by atoms with Gasteiger partial charge in [-0.15, -0.1) is 0 Å². The van der Waals surface area contributed by atoms with Crippen LogP contribution in [0.25, 0.3) is 0 Å². The fraction of sp³-hybridized carbons (Fsp3) is 0.100. The zero-order chi connectivity index (χ0) is 21.5. The van der Waals surface area contributed by atoms with Gasteiger partial charge in [0, 0.05) is 28.9 Å². The highest BCUT2D eigenvalue weighted by molar-refractivity contribution is 7.82. The number of nitrogens with one attached hydrogen (secondary N) is 1. The highest BCUT2D eigenvalue weighted by atomic mass is 35.5. The van der Waals surface area contributed by atoms with E-state index in [0.29, 0.717) is 26.7 Å². The molecule has 1 heterocycles. The van der Waals surface area contributed by atoms with Crippen molar-refractivity contribution >= 4 is 28.4 Å². The van der Waals surface area contributed by atoms with Gasteiger partial charge in [-0.05, 0) is 42.5 Å². The van der Waals surface area contributed by atoms with Crippen LogP contribution < -0.4 is 17.1 Å². The molecule has 30 heavy (non-hydrogen) atoms. The molecule has 156 valence electrons. The van der Waals surface area contributed by atoms with E-state index in [9.17, 15) is 8.60 Å². The molecule has 0 aliphatic heterocycles. The number of nitrogens with zero attached hydrogens (tertiary/aromatic N) is 3. The molecule has 0 aliphatic rings. The van der Waals surface area contributed by atoms with Gasteiger partial charge in [0.25, 0.3) is 0 Å². The molecule has 0 amide bonds. The topological polar surface area (TPSA) is 110 Å². The number of benzene rings is 2. The average molecular weight is 447 g/mol. The maximum Gasteiger partial charge on any atom is 0.166 e. The quantitative estimate of drug-likeness (QED) is 0.224. The first-order chi connectivity index (χ1) is 14.5. The van der Waals surface area contributed by atoms with Gasteiger partial charge in [0.2, 0.25) is 0 Å². The van der Waals surface area contributed by atoms with Crippen LogP contribution >= 0.6 is 11.6 Å². The third-order valence-corrected chi connectivity index (χ3v) is 5.91. The second-order valence-electron chi connectivity index (χ2n) is 6.25. The van der Waals surface area contributed by atoms with E-state index >= 15 is 0 Å². The Kier molecular flexibility index (Phi) is 7.47. The molecule has 10 heteroatoms. The molecule has 1 atom stereocenters. The molecule has 5 N–H and O–H groups in total. The highest BCUT2D eigenvalue weighted by Gasteiger charge is 2.19. The van der Waals surface area contributed by atoms with Gasteiger partial charge in [0.15, 0.2) is 5.84 Å². The summed E-state index contributed by atoms with van der Waals surface area (Å²) in [7, 11) is -1.56. The first kappa shape index (κ1) is 21.8. The van der Waals surface area contributed by atoms with Gasteiger partial charge in [0.1, 0.15) is 16.8 Å². The number of aromatic nitrogens is 1. The Labute approximate surface area is 181 Å². The fourth-order valence-electron chi connectivity index (χ4n) is 2.75. The first-order valence-corrected chi connectivity index (χ1v) is 10.4. The van der Waals surface area contributed by atoms with Crippen molar-refractivity contribution in [1.82, 2.24) is 14.7 Å². The van der Waals surface area contributed by atoms with Crippen molar-refractivity contribution in [3.63, 3.8) is 0 Å². The molecule has 0 aliphatic carbocycles. The lowest BCUT2D eigenvalue weighted by Gasteiger charge is -2.21. The molecule has 2 aromatic carbocycles. The zero-order valence-corrected chi connectivity index (χ0v) is 17.4. The Morgan fingerprint density at radius 2 is 1.93 bits per heavy atom. The zero-order valence-electron chi connectivity index (χ0n) is 15.8. The standard InChI is InChI=1S/C20H20ClFN6OS/c21-16-6-8-18(9-7-16)30(29)28(13-17-3-1-2-10-25-17)12-15-5-4-14(11-19(15)22)20(26-23)27-24/h1-11H,12-13,23-24H2,(H,26,27). The van der Waals surface area contributed by atoms with Crippen molar-refractivity contribution in [2.24, 2.45) is 16.8 Å². The Morgan fingerprint density at radius 3 is 2.53 bits per heavy atom. The van der Waals surface area contributed by atoms with E-state index in [1.165, 1.54) is 6.07 Å². The van der Waals surface area contributed by atoms with Gasteiger partial charge in [-0.25, -0.2) is 18.7 Å². The molecule has 0 saturated heterocycles. The van der Waals surface area contributed by atoms with Crippen LogP contribution in [0.1, 0.15) is 16.8 Å². The Hall–Kier alpha value is -2.85. The molecule has 0 bridgehead atoms. The number of pyridine rings is 1. The molecular formula is C20H20ClFN6OS. The summed E-state index contributed by atoms with van der Waals surface area (Å²) in [6.45, 7) is 0.347. The summed E-state index contributed by atoms with van der Waals surface area (Å²) in [5, 5.41) is 4.02. The lowest BCUT2D eigenvalue weighted by molar-refractivity contribution is 0.419. The Balaban J connectivity index is 1.90. The fourth-order valence-corrected chi connectivity index (χ4v) is 4.05. The van der Waals surface area contributed by atoms with Crippen LogP contribution in [-0.2, 0) is 24.1 Å². The van der Waals surface area contributed by atoms with Crippen molar-refractivity contribution in [2.45, 2.75) is 18.0 Å². The van der Waals surface area contributed by atoms with E-state index < -0.39 is 16.8 Å². The van der Waals surface area contributed by atoms with Crippen molar-refractivity contribution in [3.05, 3.63) is 94.5 Å². The molecule has 0 saturated carbocycles. The largest absolute Gasteiger partial charge is 0.321 e. The molecule has 0 fully saturated rings. The van der Waals surface area contributed by atoms with Gasteiger partial charge in [0.05, 0.1) is 17.1 Å². The minimum Gasteiger partial charge on any atom is -0.321 e. The van der Waals surface area contributed by atoms with Crippen LogP contribution in [-0.4, -0.2) is 19.3 Å². The minimum atomic E-state index is -1.56. The van der Waals surface area contributed by atoms with Crippen molar-refractivity contribution in [2.75, 3.05) is 0 Å². The van der Waals surface area contributed by atoms with Crippen molar-refractivity contribution < 1.29 is 8.60 Å². The summed E-state index contributed by atoms with van der Waals surface area (Å²) in [4.78, 5) is 4.84. The number of nitrogens with two attached hydrogens (primary N) is 2. The number of halogens is 2. The minimum absolute atomic E-state index is 0.0864. The lowest BCUT2D eigenvalue weighted by atomic mass is 10.1. The van der Waals surface area contributed by atoms with E-state index in [4.69, 9.17) is 23.3 Å². The van der Waals surface area contributed by atoms with Crippen LogP contribution in [0.15, 0.2) is 76.9 Å². The van der Waals surface area contributed by atoms with E-state index in [1.54, 1.807) is 53.0 Å². The molecule has 0 radical (unpaired) electrons. The van der Waals surface area contributed by atoms with Crippen LogP contribution in [0, 0.1) is 5.82 Å². The number of hydrogen-bond donors (Lipinski definition) is 3. The number of amidine groups is 1. The van der Waals surface area contributed by atoms with Gasteiger partial charge in [-0.1, -0.05) is 29.8 Å². The monoisotopic (exact) mass is 446 g/mol. The van der Waals surface area contributed by atoms with Crippen LogP contribution in [0.2, 0.25) is 5.02 Å². The van der Waals surface area contributed by atoms with Gasteiger partial charge < -0.3 is 11.3 Å². The highest BCUT2D eigenvalue weighted by Crippen LogP contribution is 2.21. The summed E-state index contributed by atoms with van der Waals surface area (Å²) in [6, 6.07) is 16.6. The summed E-state index contributed by atoms with van der Waals surface area (Å²) in [5.41, 5.74) is 3.77. The summed E-state index contributed by atoms with van der Waals surface area (Å²) < 4.78 is 29.6. The normalized spacial score (nSPS) is 12.7. The van der Waals surface area contributed by atoms with E-state index in [0.717, 1.165) is 0 Å². The Bertz CT molecular complexity index is 1050. The summed E-state index contributed by atoms with van der Waals surface area (Å²) in [5.74, 6) is 10.2. The molecule has 0 spiro atoms. The second kappa shape index (κ2) is 10.3. The van der Waals surface area contributed by atoms with Gasteiger partial charge >= 0.3 is 0 Å². The molecular weight excluding hydrogens is 427 g/mol. The van der Waals surface area contributed by atoms with Crippen LogP contribution in [0.5, 0.6) is 0 Å².